The minimum Gasteiger partial charge on any atom is -0.492 e. The second-order valence-corrected chi connectivity index (χ2v) is 12.7. The summed E-state index contributed by atoms with van der Waals surface area (Å²) in [5.41, 5.74) is 3.35. The molecule has 9 heteroatoms. The molecular weight excluding hydrogens is 545 g/mol. The summed E-state index contributed by atoms with van der Waals surface area (Å²) in [6.45, 7) is 13.7. The van der Waals surface area contributed by atoms with Crippen molar-refractivity contribution < 1.29 is 23.8 Å². The molecule has 7 nitrogen and oxygen atoms in total. The maximum Gasteiger partial charge on any atom is 0.337 e. The molecule has 220 valence electrons. The van der Waals surface area contributed by atoms with E-state index in [2.05, 4.69) is 28.7 Å². The van der Waals surface area contributed by atoms with Crippen LogP contribution in [0.4, 0.5) is 10.1 Å². The van der Waals surface area contributed by atoms with Crippen LogP contribution in [0.5, 0.6) is 5.75 Å². The number of hydrogen-bond donors (Lipinski definition) is 1. The zero-order valence-electron chi connectivity index (χ0n) is 24.6. The van der Waals surface area contributed by atoms with E-state index >= 15 is 0 Å². The van der Waals surface area contributed by atoms with E-state index in [1.807, 2.05) is 33.8 Å². The molecule has 0 aliphatic carbocycles. The third-order valence-electron chi connectivity index (χ3n) is 7.36. The highest BCUT2D eigenvalue weighted by atomic mass is 35.5. The van der Waals surface area contributed by atoms with E-state index < -0.39 is 23.5 Å². The Balaban J connectivity index is 1.67. The van der Waals surface area contributed by atoms with Crippen molar-refractivity contribution >= 4 is 23.3 Å². The molecule has 0 radical (unpaired) electrons. The molecule has 1 unspecified atom stereocenters. The largest absolute Gasteiger partial charge is 0.492 e. The molecule has 4 rings (SSSR count). The first-order valence-corrected chi connectivity index (χ1v) is 14.3. The highest BCUT2D eigenvalue weighted by Gasteiger charge is 2.36. The molecule has 1 aromatic carbocycles. The average Bonchev–Trinajstić information content (AvgIpc) is 2.90. The SMILES string of the molecule is Cc1ncc(-c2ccc(OCCc3cccc(Cl)c3F)cn2)c(N2CCC(C)(C)CC2)c1C(OC(C)(C)C)C(=O)O. The number of carbonyl (C=O) groups is 1. The van der Waals surface area contributed by atoms with Gasteiger partial charge in [-0.3, -0.25) is 9.97 Å². The lowest BCUT2D eigenvalue weighted by Crippen LogP contribution is -2.39. The van der Waals surface area contributed by atoms with Gasteiger partial charge in [-0.1, -0.05) is 37.6 Å². The van der Waals surface area contributed by atoms with E-state index in [0.717, 1.165) is 37.2 Å². The summed E-state index contributed by atoms with van der Waals surface area (Å²) in [6, 6.07) is 8.55. The van der Waals surface area contributed by atoms with Gasteiger partial charge in [0.05, 0.1) is 34.8 Å². The molecule has 2 aromatic heterocycles. The minimum absolute atomic E-state index is 0.0886. The zero-order valence-corrected chi connectivity index (χ0v) is 25.4. The highest BCUT2D eigenvalue weighted by molar-refractivity contribution is 6.30. The lowest BCUT2D eigenvalue weighted by molar-refractivity contribution is -0.160. The first-order chi connectivity index (χ1) is 19.3. The van der Waals surface area contributed by atoms with Gasteiger partial charge in [-0.15, -0.1) is 0 Å². The standard InChI is InChI=1S/C32H39ClFN3O4/c1-20-26(29(30(38)39)41-31(2,3)4)28(37-15-13-32(5,6)14-16-37)23(19-35-20)25-11-10-22(18-36-25)40-17-12-21-8-7-9-24(33)27(21)34/h7-11,18-19,29H,12-17H2,1-6H3,(H,38,39). The van der Waals surface area contributed by atoms with Crippen LogP contribution in [-0.4, -0.2) is 46.3 Å². The topological polar surface area (TPSA) is 84.8 Å². The molecule has 3 aromatic rings. The predicted molar refractivity (Wildman–Crippen MR) is 159 cm³/mol. The number of rotatable bonds is 9. The van der Waals surface area contributed by atoms with Gasteiger partial charge in [-0.2, -0.15) is 0 Å². The van der Waals surface area contributed by atoms with E-state index in [1.54, 1.807) is 30.6 Å². The normalized spacial score (nSPS) is 16.0. The number of nitrogens with zero attached hydrogens (tertiary/aromatic N) is 3. The molecule has 0 saturated carbocycles. The molecule has 1 aliphatic rings. The molecule has 1 aliphatic heterocycles. The summed E-state index contributed by atoms with van der Waals surface area (Å²) < 4.78 is 26.1. The maximum atomic E-state index is 14.2. The van der Waals surface area contributed by atoms with Gasteiger partial charge in [-0.25, -0.2) is 9.18 Å². The smallest absolute Gasteiger partial charge is 0.337 e. The van der Waals surface area contributed by atoms with Crippen LogP contribution in [0.15, 0.2) is 42.7 Å². The highest BCUT2D eigenvalue weighted by Crippen LogP contribution is 2.43. The summed E-state index contributed by atoms with van der Waals surface area (Å²) in [6.07, 6.45) is 4.49. The number of pyridine rings is 2. The van der Waals surface area contributed by atoms with Crippen LogP contribution < -0.4 is 9.64 Å². The van der Waals surface area contributed by atoms with Crippen molar-refractivity contribution in [2.24, 2.45) is 5.41 Å². The fourth-order valence-corrected chi connectivity index (χ4v) is 5.21. The number of halogens is 2. The maximum absolute atomic E-state index is 14.2. The molecule has 0 spiro atoms. The van der Waals surface area contributed by atoms with Crippen molar-refractivity contribution in [3.05, 3.63) is 70.4 Å². The van der Waals surface area contributed by atoms with Crippen LogP contribution in [0.3, 0.4) is 0 Å². The average molecular weight is 584 g/mol. The van der Waals surface area contributed by atoms with Gasteiger partial charge in [0.25, 0.3) is 0 Å². The Morgan fingerprint density at radius 1 is 1.15 bits per heavy atom. The van der Waals surface area contributed by atoms with Gasteiger partial charge >= 0.3 is 5.97 Å². The second kappa shape index (κ2) is 12.3. The summed E-state index contributed by atoms with van der Waals surface area (Å²) >= 11 is 5.88. The van der Waals surface area contributed by atoms with Gasteiger partial charge in [0.15, 0.2) is 6.10 Å². The quantitative estimate of drug-likeness (QED) is 0.280. The number of hydrogen-bond acceptors (Lipinski definition) is 6. The number of aryl methyl sites for hydroxylation is 1. The number of aliphatic carboxylic acids is 1. The molecule has 3 heterocycles. The lowest BCUT2D eigenvalue weighted by Gasteiger charge is -2.40. The second-order valence-electron chi connectivity index (χ2n) is 12.3. The number of anilines is 1. The number of carboxylic acid groups (broad SMARTS) is 1. The molecule has 41 heavy (non-hydrogen) atoms. The predicted octanol–water partition coefficient (Wildman–Crippen LogP) is 7.43. The summed E-state index contributed by atoms with van der Waals surface area (Å²) in [5.74, 6) is -0.955. The lowest BCUT2D eigenvalue weighted by atomic mass is 9.82. The van der Waals surface area contributed by atoms with Gasteiger partial charge in [0, 0.05) is 42.5 Å². The van der Waals surface area contributed by atoms with Crippen molar-refractivity contribution in [3.63, 3.8) is 0 Å². The van der Waals surface area contributed by atoms with Crippen molar-refractivity contribution in [1.82, 2.24) is 9.97 Å². The number of benzene rings is 1. The molecule has 1 N–H and O–H groups in total. The van der Waals surface area contributed by atoms with Crippen LogP contribution in [0.25, 0.3) is 11.3 Å². The van der Waals surface area contributed by atoms with E-state index in [-0.39, 0.29) is 17.0 Å². The molecule has 0 bridgehead atoms. The Morgan fingerprint density at radius 3 is 2.46 bits per heavy atom. The fraction of sp³-hybridized carbons (Fsp3) is 0.469. The first kappa shape index (κ1) is 30.7. The van der Waals surface area contributed by atoms with Gasteiger partial charge < -0.3 is 19.5 Å². The van der Waals surface area contributed by atoms with Gasteiger partial charge in [-0.05, 0) is 69.7 Å². The summed E-state index contributed by atoms with van der Waals surface area (Å²) in [4.78, 5) is 24.1. The Labute approximate surface area is 246 Å². The number of piperidine rings is 1. The fourth-order valence-electron chi connectivity index (χ4n) is 5.02. The Morgan fingerprint density at radius 2 is 1.85 bits per heavy atom. The van der Waals surface area contributed by atoms with E-state index in [0.29, 0.717) is 34.7 Å². The third-order valence-corrected chi connectivity index (χ3v) is 7.65. The molecular formula is C32H39ClFN3O4. The van der Waals surface area contributed by atoms with Gasteiger partial charge in [0.1, 0.15) is 11.6 Å². The number of carboxylic acids is 1. The van der Waals surface area contributed by atoms with Gasteiger partial charge in [0.2, 0.25) is 0 Å². The Hall–Kier alpha value is -3.23. The molecule has 1 saturated heterocycles. The monoisotopic (exact) mass is 583 g/mol. The van der Waals surface area contributed by atoms with Crippen LogP contribution in [0, 0.1) is 18.2 Å². The number of ether oxygens (including phenoxy) is 2. The summed E-state index contributed by atoms with van der Waals surface area (Å²) in [5, 5.41) is 10.4. The van der Waals surface area contributed by atoms with Crippen molar-refractivity contribution in [1.29, 1.82) is 0 Å². The minimum atomic E-state index is -1.19. The van der Waals surface area contributed by atoms with Crippen molar-refractivity contribution in [3.8, 4) is 17.0 Å². The van der Waals surface area contributed by atoms with Crippen LogP contribution in [0.1, 0.15) is 70.4 Å². The Bertz CT molecular complexity index is 1380. The van der Waals surface area contributed by atoms with Crippen molar-refractivity contribution in [2.75, 3.05) is 24.6 Å². The van der Waals surface area contributed by atoms with Crippen LogP contribution in [0.2, 0.25) is 5.02 Å². The van der Waals surface area contributed by atoms with E-state index in [9.17, 15) is 14.3 Å². The molecule has 1 fully saturated rings. The zero-order chi connectivity index (χ0) is 29.9. The van der Waals surface area contributed by atoms with E-state index in [1.165, 1.54) is 6.07 Å². The summed E-state index contributed by atoms with van der Waals surface area (Å²) in [7, 11) is 0. The van der Waals surface area contributed by atoms with Crippen molar-refractivity contribution in [2.45, 2.75) is 72.5 Å². The van der Waals surface area contributed by atoms with E-state index in [4.69, 9.17) is 21.1 Å². The third kappa shape index (κ3) is 7.54. The molecule has 0 amide bonds. The van der Waals surface area contributed by atoms with Crippen LogP contribution in [-0.2, 0) is 16.0 Å². The Kier molecular flexibility index (Phi) is 9.24. The van der Waals surface area contributed by atoms with Crippen LogP contribution >= 0.6 is 11.6 Å². The molecule has 1 atom stereocenters. The first-order valence-electron chi connectivity index (χ1n) is 13.9. The number of aromatic nitrogens is 2.